The number of rotatable bonds is 2. The van der Waals surface area contributed by atoms with E-state index in [1.165, 1.54) is 12.4 Å². The smallest absolute Gasteiger partial charge is 0.420 e. The summed E-state index contributed by atoms with van der Waals surface area (Å²) in [5.41, 5.74) is -0.486. The number of carbonyl (C=O) groups is 2. The van der Waals surface area contributed by atoms with Crippen molar-refractivity contribution in [3.63, 3.8) is 0 Å². The normalized spacial score (nSPS) is 22.7. The minimum absolute atomic E-state index is 0.125. The van der Waals surface area contributed by atoms with Gasteiger partial charge in [-0.3, -0.25) is 15.1 Å². The van der Waals surface area contributed by atoms with Gasteiger partial charge >= 0.3 is 17.9 Å². The van der Waals surface area contributed by atoms with E-state index in [-0.39, 0.29) is 12.2 Å². The Kier molecular flexibility index (Phi) is 4.43. The summed E-state index contributed by atoms with van der Waals surface area (Å²) in [5, 5.41) is 11.2. The third-order valence-electron chi connectivity index (χ3n) is 4.21. The number of fused-ring (bicyclic) bond motifs is 1. The molecular formula is C16H20N4O6. The number of pyridine rings is 1. The zero-order valence-electron chi connectivity index (χ0n) is 14.7. The van der Waals surface area contributed by atoms with E-state index in [4.69, 9.17) is 9.47 Å². The molecule has 0 aliphatic carbocycles. The Hall–Kier alpha value is -2.91. The Labute approximate surface area is 149 Å². The summed E-state index contributed by atoms with van der Waals surface area (Å²) in [6, 6.07) is 0.979. The molecule has 0 aromatic carbocycles. The van der Waals surface area contributed by atoms with Gasteiger partial charge in [-0.05, 0) is 26.8 Å². The molecule has 2 amide bonds. The Bertz CT molecular complexity index is 747. The van der Waals surface area contributed by atoms with Gasteiger partial charge in [0.15, 0.2) is 0 Å². The fraction of sp³-hybridized carbons (Fsp3) is 0.562. The van der Waals surface area contributed by atoms with Gasteiger partial charge in [-0.15, -0.1) is 0 Å². The van der Waals surface area contributed by atoms with Crippen molar-refractivity contribution in [3.8, 4) is 0 Å². The fourth-order valence-corrected chi connectivity index (χ4v) is 3.14. The van der Waals surface area contributed by atoms with Crippen LogP contribution in [0, 0.1) is 10.1 Å². The fourth-order valence-electron chi connectivity index (χ4n) is 3.14. The highest BCUT2D eigenvalue weighted by atomic mass is 16.6. The molecule has 2 fully saturated rings. The van der Waals surface area contributed by atoms with Crippen molar-refractivity contribution in [2.24, 2.45) is 0 Å². The average molecular weight is 364 g/mol. The standard InChI is InChI=1S/C16H20N4O6/c1-16(2,3)26-15(22)19-12-9-18(7-5-13(12)25-14(19)21)10-4-6-17-8-11(10)20(23)24/h4,6,8,12-13H,5,7,9H2,1-3H3/t12-,13+/m0/s1. The quantitative estimate of drug-likeness (QED) is 0.580. The van der Waals surface area contributed by atoms with Gasteiger partial charge in [-0.2, -0.15) is 0 Å². The first-order valence-electron chi connectivity index (χ1n) is 8.23. The number of nitrogens with zero attached hydrogens (tertiary/aromatic N) is 4. The second-order valence-electron chi connectivity index (χ2n) is 7.20. The van der Waals surface area contributed by atoms with Crippen LogP contribution in [0.3, 0.4) is 0 Å². The first-order valence-corrected chi connectivity index (χ1v) is 8.23. The summed E-state index contributed by atoms with van der Waals surface area (Å²) in [6.07, 6.45) is 1.13. The number of nitro groups is 1. The zero-order chi connectivity index (χ0) is 19.1. The second kappa shape index (κ2) is 6.43. The molecule has 0 saturated carbocycles. The zero-order valence-corrected chi connectivity index (χ0v) is 14.7. The highest BCUT2D eigenvalue weighted by molar-refractivity contribution is 5.90. The Balaban J connectivity index is 1.84. The molecule has 0 unspecified atom stereocenters. The lowest BCUT2D eigenvalue weighted by Gasteiger charge is -2.36. The molecule has 1 aromatic heterocycles. The minimum atomic E-state index is -0.777. The van der Waals surface area contributed by atoms with Crippen LogP contribution in [-0.4, -0.2) is 57.8 Å². The maximum atomic E-state index is 12.4. The maximum Gasteiger partial charge on any atom is 0.420 e. The SMILES string of the molecule is CC(C)(C)OC(=O)N1C(=O)O[C@@H]2CCN(c3ccncc3[N+](=O)[O-])C[C@@H]21. The van der Waals surface area contributed by atoms with Gasteiger partial charge in [0.05, 0.1) is 4.92 Å². The van der Waals surface area contributed by atoms with Crippen LogP contribution in [0.15, 0.2) is 18.5 Å². The number of amides is 2. The van der Waals surface area contributed by atoms with Gasteiger partial charge in [0.2, 0.25) is 0 Å². The predicted octanol–water partition coefficient (Wildman–Crippen LogP) is 2.32. The molecular weight excluding hydrogens is 344 g/mol. The molecule has 3 heterocycles. The van der Waals surface area contributed by atoms with Crippen LogP contribution in [0.1, 0.15) is 27.2 Å². The summed E-state index contributed by atoms with van der Waals surface area (Å²) in [6.45, 7) is 5.80. The van der Waals surface area contributed by atoms with Crippen molar-refractivity contribution >= 4 is 23.6 Å². The largest absolute Gasteiger partial charge is 0.443 e. The molecule has 2 saturated heterocycles. The molecule has 2 atom stereocenters. The summed E-state index contributed by atoms with van der Waals surface area (Å²) >= 11 is 0. The number of ether oxygens (including phenoxy) is 2. The molecule has 0 N–H and O–H groups in total. The van der Waals surface area contributed by atoms with Crippen molar-refractivity contribution in [1.82, 2.24) is 9.88 Å². The first kappa shape index (κ1) is 17.9. The van der Waals surface area contributed by atoms with E-state index in [9.17, 15) is 19.7 Å². The summed E-state index contributed by atoms with van der Waals surface area (Å²) in [5.74, 6) is 0. The van der Waals surface area contributed by atoms with Crippen LogP contribution < -0.4 is 4.90 Å². The summed E-state index contributed by atoms with van der Waals surface area (Å²) in [7, 11) is 0. The summed E-state index contributed by atoms with van der Waals surface area (Å²) < 4.78 is 10.6. The lowest BCUT2D eigenvalue weighted by atomic mass is 10.0. The molecule has 0 radical (unpaired) electrons. The maximum absolute atomic E-state index is 12.4. The molecule has 10 heteroatoms. The predicted molar refractivity (Wildman–Crippen MR) is 89.9 cm³/mol. The van der Waals surface area contributed by atoms with E-state index in [0.29, 0.717) is 18.7 Å². The van der Waals surface area contributed by atoms with E-state index in [2.05, 4.69) is 4.98 Å². The van der Waals surface area contributed by atoms with Gasteiger partial charge in [0.1, 0.15) is 29.6 Å². The molecule has 140 valence electrons. The molecule has 10 nitrogen and oxygen atoms in total. The van der Waals surface area contributed by atoms with Gasteiger partial charge in [0.25, 0.3) is 0 Å². The molecule has 0 bridgehead atoms. The van der Waals surface area contributed by atoms with E-state index in [1.807, 2.05) is 0 Å². The van der Waals surface area contributed by atoms with Crippen LogP contribution in [0.2, 0.25) is 0 Å². The van der Waals surface area contributed by atoms with Crippen molar-refractivity contribution in [2.45, 2.75) is 44.9 Å². The number of piperidine rings is 1. The molecule has 26 heavy (non-hydrogen) atoms. The van der Waals surface area contributed by atoms with Crippen LogP contribution in [0.5, 0.6) is 0 Å². The van der Waals surface area contributed by atoms with E-state index < -0.39 is 34.9 Å². The van der Waals surface area contributed by atoms with Crippen molar-refractivity contribution in [2.75, 3.05) is 18.0 Å². The van der Waals surface area contributed by atoms with Gasteiger partial charge in [-0.1, -0.05) is 0 Å². The van der Waals surface area contributed by atoms with Gasteiger partial charge < -0.3 is 14.4 Å². The summed E-state index contributed by atoms with van der Waals surface area (Å²) in [4.78, 5) is 41.8. The Morgan fingerprint density at radius 3 is 2.85 bits per heavy atom. The number of aromatic nitrogens is 1. The van der Waals surface area contributed by atoms with Crippen LogP contribution in [0.4, 0.5) is 21.0 Å². The van der Waals surface area contributed by atoms with E-state index in [1.54, 1.807) is 31.7 Å². The number of hydrogen-bond donors (Lipinski definition) is 0. The van der Waals surface area contributed by atoms with Crippen LogP contribution in [0.25, 0.3) is 0 Å². The number of carbonyl (C=O) groups excluding carboxylic acids is 2. The third kappa shape index (κ3) is 3.39. The van der Waals surface area contributed by atoms with Crippen LogP contribution >= 0.6 is 0 Å². The molecule has 1 aromatic rings. The molecule has 2 aliphatic heterocycles. The Morgan fingerprint density at radius 1 is 1.46 bits per heavy atom. The van der Waals surface area contributed by atoms with E-state index >= 15 is 0 Å². The highest BCUT2D eigenvalue weighted by Crippen LogP contribution is 2.34. The number of hydrogen-bond acceptors (Lipinski definition) is 8. The Morgan fingerprint density at radius 2 is 2.19 bits per heavy atom. The first-order chi connectivity index (χ1) is 12.2. The molecule has 3 rings (SSSR count). The monoisotopic (exact) mass is 364 g/mol. The molecule has 0 spiro atoms. The van der Waals surface area contributed by atoms with Crippen LogP contribution in [-0.2, 0) is 9.47 Å². The average Bonchev–Trinajstić information content (AvgIpc) is 2.88. The van der Waals surface area contributed by atoms with Crippen molar-refractivity contribution in [3.05, 3.63) is 28.6 Å². The topological polar surface area (TPSA) is 115 Å². The third-order valence-corrected chi connectivity index (χ3v) is 4.21. The number of anilines is 1. The van der Waals surface area contributed by atoms with E-state index in [0.717, 1.165) is 4.90 Å². The number of imide groups is 1. The lowest BCUT2D eigenvalue weighted by molar-refractivity contribution is -0.384. The minimum Gasteiger partial charge on any atom is -0.443 e. The van der Waals surface area contributed by atoms with Gasteiger partial charge in [0, 0.05) is 25.7 Å². The highest BCUT2D eigenvalue weighted by Gasteiger charge is 2.50. The van der Waals surface area contributed by atoms with Crippen molar-refractivity contribution < 1.29 is 24.0 Å². The second-order valence-corrected chi connectivity index (χ2v) is 7.20. The van der Waals surface area contributed by atoms with Gasteiger partial charge in [-0.25, -0.2) is 14.5 Å². The molecule has 2 aliphatic rings. The van der Waals surface area contributed by atoms with Crippen molar-refractivity contribution in [1.29, 1.82) is 0 Å². The lowest BCUT2D eigenvalue weighted by Crippen LogP contribution is -2.53.